The molecule has 1 atom stereocenters. The highest BCUT2D eigenvalue weighted by Crippen LogP contribution is 2.00. The van der Waals surface area contributed by atoms with Gasteiger partial charge in [-0.05, 0) is 31.3 Å². The Hall–Kier alpha value is -1.35. The fraction of sp³-hybridized carbons (Fsp3) is 0.667. The van der Waals surface area contributed by atoms with Gasteiger partial charge in [0.25, 0.3) is 0 Å². The van der Waals surface area contributed by atoms with Gasteiger partial charge in [0.2, 0.25) is 0 Å². The molecule has 0 heterocycles. The van der Waals surface area contributed by atoms with Gasteiger partial charge in [-0.15, -0.1) is 12.3 Å². The number of hydrogen-bond acceptors (Lipinski definition) is 3. The Bertz CT molecular complexity index is 302. The summed E-state index contributed by atoms with van der Waals surface area (Å²) in [4.78, 5) is 22.3. The lowest BCUT2D eigenvalue weighted by Crippen LogP contribution is -2.46. The van der Waals surface area contributed by atoms with Crippen molar-refractivity contribution in [3.8, 4) is 12.3 Å². The van der Waals surface area contributed by atoms with Crippen molar-refractivity contribution in [2.75, 3.05) is 18.6 Å². The van der Waals surface area contributed by atoms with Crippen LogP contribution in [0.3, 0.4) is 0 Å². The number of carbonyl (C=O) groups is 2. The smallest absolute Gasteiger partial charge is 0.326 e. The van der Waals surface area contributed by atoms with Gasteiger partial charge in [0, 0.05) is 13.0 Å². The third kappa shape index (κ3) is 8.76. The minimum Gasteiger partial charge on any atom is -0.480 e. The third-order valence-corrected chi connectivity index (χ3v) is 2.89. The van der Waals surface area contributed by atoms with Gasteiger partial charge in [-0.2, -0.15) is 11.8 Å². The van der Waals surface area contributed by atoms with Gasteiger partial charge in [0.15, 0.2) is 0 Å². The van der Waals surface area contributed by atoms with Gasteiger partial charge >= 0.3 is 12.0 Å². The number of unbranched alkanes of at least 4 members (excludes halogenated alkanes) is 2. The summed E-state index contributed by atoms with van der Waals surface area (Å²) in [5.41, 5.74) is 0. The number of rotatable bonds is 9. The summed E-state index contributed by atoms with van der Waals surface area (Å²) < 4.78 is 0. The molecular formula is C12H20N2O3S. The monoisotopic (exact) mass is 272 g/mol. The molecule has 18 heavy (non-hydrogen) atoms. The highest BCUT2D eigenvalue weighted by Gasteiger charge is 2.18. The number of thioether (sulfide) groups is 1. The number of carboxylic acid groups (broad SMARTS) is 1. The van der Waals surface area contributed by atoms with Crippen LogP contribution in [0, 0.1) is 12.3 Å². The van der Waals surface area contributed by atoms with E-state index in [1.54, 1.807) is 11.8 Å². The molecule has 1 unspecified atom stereocenters. The van der Waals surface area contributed by atoms with E-state index >= 15 is 0 Å². The maximum atomic E-state index is 11.4. The molecule has 0 spiro atoms. The van der Waals surface area contributed by atoms with Crippen LogP contribution in [0.25, 0.3) is 0 Å². The quantitative estimate of drug-likeness (QED) is 0.436. The van der Waals surface area contributed by atoms with Crippen molar-refractivity contribution in [3.05, 3.63) is 0 Å². The number of carboxylic acids is 1. The largest absolute Gasteiger partial charge is 0.480 e. The number of carbonyl (C=O) groups excluding carboxylic acids is 1. The van der Waals surface area contributed by atoms with Crippen molar-refractivity contribution < 1.29 is 14.7 Å². The number of nitrogens with one attached hydrogen (secondary N) is 2. The van der Waals surface area contributed by atoms with Crippen molar-refractivity contribution in [1.82, 2.24) is 10.6 Å². The average Bonchev–Trinajstić information content (AvgIpc) is 2.33. The topological polar surface area (TPSA) is 78.4 Å². The lowest BCUT2D eigenvalue weighted by Gasteiger charge is -2.14. The number of hydrogen-bond donors (Lipinski definition) is 3. The molecule has 2 amide bonds. The van der Waals surface area contributed by atoms with Gasteiger partial charge in [0.05, 0.1) is 0 Å². The van der Waals surface area contributed by atoms with Gasteiger partial charge in [-0.25, -0.2) is 9.59 Å². The summed E-state index contributed by atoms with van der Waals surface area (Å²) in [5, 5.41) is 14.0. The van der Waals surface area contributed by atoms with Crippen LogP contribution in [0.4, 0.5) is 4.79 Å². The molecule has 0 radical (unpaired) electrons. The van der Waals surface area contributed by atoms with E-state index in [9.17, 15) is 9.59 Å². The first kappa shape index (κ1) is 16.6. The molecule has 0 rings (SSSR count). The second kappa shape index (κ2) is 10.8. The Labute approximate surface area is 112 Å². The summed E-state index contributed by atoms with van der Waals surface area (Å²) in [6.45, 7) is 0.502. The Balaban J connectivity index is 3.81. The van der Waals surface area contributed by atoms with E-state index in [0.717, 1.165) is 12.8 Å². The minimum atomic E-state index is -1.01. The van der Waals surface area contributed by atoms with Crippen molar-refractivity contribution in [1.29, 1.82) is 0 Å². The second-order valence-electron chi connectivity index (χ2n) is 3.73. The molecule has 0 aliphatic carbocycles. The molecule has 6 heteroatoms. The molecule has 3 N–H and O–H groups in total. The molecule has 0 fully saturated rings. The fourth-order valence-corrected chi connectivity index (χ4v) is 1.73. The minimum absolute atomic E-state index is 0.418. The Morgan fingerprint density at radius 1 is 1.44 bits per heavy atom. The Morgan fingerprint density at radius 2 is 2.17 bits per heavy atom. The molecule has 102 valence electrons. The lowest BCUT2D eigenvalue weighted by atomic mass is 10.2. The average molecular weight is 272 g/mol. The van der Waals surface area contributed by atoms with E-state index in [-0.39, 0.29) is 0 Å². The molecule has 0 aromatic rings. The zero-order chi connectivity index (χ0) is 13.8. The molecule has 0 aliphatic heterocycles. The second-order valence-corrected chi connectivity index (χ2v) is 4.72. The van der Waals surface area contributed by atoms with Gasteiger partial charge in [0.1, 0.15) is 6.04 Å². The molecule has 0 aliphatic rings. The van der Waals surface area contributed by atoms with E-state index in [1.807, 2.05) is 6.26 Å². The summed E-state index contributed by atoms with van der Waals surface area (Å²) in [5.74, 6) is 2.20. The Kier molecular flexibility index (Phi) is 9.97. The predicted molar refractivity (Wildman–Crippen MR) is 73.6 cm³/mol. The van der Waals surface area contributed by atoms with Gasteiger partial charge in [-0.3, -0.25) is 0 Å². The van der Waals surface area contributed by atoms with Crippen LogP contribution in [0.5, 0.6) is 0 Å². The van der Waals surface area contributed by atoms with Crippen LogP contribution in [0.1, 0.15) is 25.7 Å². The van der Waals surface area contributed by atoms with Crippen LogP contribution in [-0.2, 0) is 4.79 Å². The highest BCUT2D eigenvalue weighted by atomic mass is 32.2. The summed E-state index contributed by atoms with van der Waals surface area (Å²) in [6, 6.07) is -1.27. The lowest BCUT2D eigenvalue weighted by molar-refractivity contribution is -0.139. The van der Waals surface area contributed by atoms with Crippen molar-refractivity contribution in [2.45, 2.75) is 31.7 Å². The summed E-state index contributed by atoms with van der Waals surface area (Å²) in [6.07, 6.45) is 9.74. The zero-order valence-corrected chi connectivity index (χ0v) is 11.4. The maximum absolute atomic E-state index is 11.4. The Morgan fingerprint density at radius 3 is 2.72 bits per heavy atom. The number of terminal acetylenes is 1. The predicted octanol–water partition coefficient (Wildman–Crippen LogP) is 1.30. The first-order valence-corrected chi connectivity index (χ1v) is 7.20. The van der Waals surface area contributed by atoms with Gasteiger partial charge in [-0.1, -0.05) is 0 Å². The summed E-state index contributed by atoms with van der Waals surface area (Å²) in [7, 11) is 0. The van der Waals surface area contributed by atoms with Crippen molar-refractivity contribution in [2.24, 2.45) is 0 Å². The van der Waals surface area contributed by atoms with E-state index in [1.165, 1.54) is 0 Å². The fourth-order valence-electron chi connectivity index (χ4n) is 1.26. The van der Waals surface area contributed by atoms with Crippen LogP contribution in [0.2, 0.25) is 0 Å². The molecular weight excluding hydrogens is 252 g/mol. The maximum Gasteiger partial charge on any atom is 0.326 e. The standard InChI is InChI=1S/C12H20N2O3S/c1-3-4-5-6-8-13-12(17)14-10(11(15)16)7-9-18-2/h1,10H,4-9H2,2H3,(H,15,16)(H2,13,14,17). The molecule has 0 aromatic carbocycles. The van der Waals surface area contributed by atoms with E-state index < -0.39 is 18.0 Å². The molecule has 0 aromatic heterocycles. The highest BCUT2D eigenvalue weighted by molar-refractivity contribution is 7.98. The van der Waals surface area contributed by atoms with Gasteiger partial charge < -0.3 is 15.7 Å². The molecule has 0 bridgehead atoms. The van der Waals surface area contributed by atoms with Crippen LogP contribution in [-0.4, -0.2) is 41.7 Å². The van der Waals surface area contributed by atoms with Crippen molar-refractivity contribution >= 4 is 23.8 Å². The number of amides is 2. The normalized spacial score (nSPS) is 11.3. The van der Waals surface area contributed by atoms with Crippen LogP contribution in [0.15, 0.2) is 0 Å². The number of aliphatic carboxylic acids is 1. The first-order chi connectivity index (χ1) is 8.61. The van der Waals surface area contributed by atoms with E-state index in [0.29, 0.717) is 25.1 Å². The first-order valence-electron chi connectivity index (χ1n) is 5.81. The molecule has 5 nitrogen and oxygen atoms in total. The molecule has 0 saturated heterocycles. The van der Waals surface area contributed by atoms with Crippen LogP contribution >= 0.6 is 11.8 Å². The molecule has 0 saturated carbocycles. The third-order valence-electron chi connectivity index (χ3n) is 2.25. The number of urea groups is 1. The van der Waals surface area contributed by atoms with E-state index in [2.05, 4.69) is 16.6 Å². The summed E-state index contributed by atoms with van der Waals surface area (Å²) >= 11 is 1.55. The van der Waals surface area contributed by atoms with E-state index in [4.69, 9.17) is 11.5 Å². The zero-order valence-electron chi connectivity index (χ0n) is 10.6. The van der Waals surface area contributed by atoms with Crippen molar-refractivity contribution in [3.63, 3.8) is 0 Å². The SMILES string of the molecule is C#CCCCCNC(=O)NC(CCSC)C(=O)O. The van der Waals surface area contributed by atoms with Crippen LogP contribution < -0.4 is 10.6 Å².